The van der Waals surface area contributed by atoms with Crippen molar-refractivity contribution in [2.75, 3.05) is 11.9 Å². The van der Waals surface area contributed by atoms with Crippen molar-refractivity contribution in [3.63, 3.8) is 0 Å². The number of carbonyl (C=O) groups is 1. The first-order valence-corrected chi connectivity index (χ1v) is 11.5. The van der Waals surface area contributed by atoms with Crippen LogP contribution in [0.25, 0.3) is 11.2 Å². The molecule has 164 valence electrons. The molecule has 2 fully saturated rings. The largest absolute Gasteiger partial charge is 0.481 e. The number of fused-ring (bicyclic) bond motifs is 1. The molecule has 2 aliphatic rings. The average Bonchev–Trinajstić information content (AvgIpc) is 3.43. The van der Waals surface area contributed by atoms with E-state index in [2.05, 4.69) is 32.5 Å². The molecule has 4 rings (SSSR count). The van der Waals surface area contributed by atoms with E-state index in [0.29, 0.717) is 27.4 Å². The van der Waals surface area contributed by atoms with Crippen LogP contribution in [0.4, 0.5) is 5.82 Å². The number of aromatic nitrogens is 5. The van der Waals surface area contributed by atoms with E-state index in [1.165, 1.54) is 17.5 Å². The number of rotatable bonds is 8. The molecule has 2 aromatic rings. The molecule has 2 aliphatic carbocycles. The first-order chi connectivity index (χ1) is 14.5. The fourth-order valence-electron chi connectivity index (χ4n) is 4.24. The lowest BCUT2D eigenvalue weighted by Crippen LogP contribution is -2.32. The third-order valence-corrected chi connectivity index (χ3v) is 7.18. The number of aliphatic hydroxyl groups is 2. The quantitative estimate of drug-likeness (QED) is 0.357. The molecule has 10 nitrogen and oxygen atoms in total. The Kier molecular flexibility index (Phi) is 6.40. The van der Waals surface area contributed by atoms with Gasteiger partial charge in [0.25, 0.3) is 0 Å². The second-order valence-corrected chi connectivity index (χ2v) is 9.36. The summed E-state index contributed by atoms with van der Waals surface area (Å²) in [5.74, 6) is -1.59. The van der Waals surface area contributed by atoms with E-state index in [4.69, 9.17) is 0 Å². The van der Waals surface area contributed by atoms with Gasteiger partial charge in [0.05, 0.1) is 18.1 Å². The third kappa shape index (κ3) is 4.10. The van der Waals surface area contributed by atoms with Gasteiger partial charge >= 0.3 is 5.97 Å². The number of hydrogen-bond donors (Lipinski definition) is 4. The molecule has 0 amide bonds. The van der Waals surface area contributed by atoms with Crippen LogP contribution in [-0.4, -0.2) is 70.3 Å². The Morgan fingerprint density at radius 3 is 2.67 bits per heavy atom. The van der Waals surface area contributed by atoms with Gasteiger partial charge in [-0.25, -0.2) is 14.6 Å². The number of aliphatic carboxylic acids is 1. The van der Waals surface area contributed by atoms with Gasteiger partial charge in [-0.05, 0) is 25.7 Å². The van der Waals surface area contributed by atoms with Gasteiger partial charge in [0.2, 0.25) is 0 Å². The number of unbranched alkanes of at least 4 members (excludes halogenated alkanes) is 1. The summed E-state index contributed by atoms with van der Waals surface area (Å²) in [4.78, 5) is 20.8. The predicted octanol–water partition coefficient (Wildman–Crippen LogP) is 1.84. The first kappa shape index (κ1) is 21.3. The Hall–Kier alpha value is -1.98. The van der Waals surface area contributed by atoms with E-state index in [1.807, 2.05) is 0 Å². The van der Waals surface area contributed by atoms with Crippen LogP contribution in [0, 0.1) is 5.92 Å². The topological polar surface area (TPSA) is 146 Å². The van der Waals surface area contributed by atoms with Crippen LogP contribution >= 0.6 is 11.8 Å². The SMILES string of the molecule is CCCCNc1nc(SC2CCCC2)nc2c1nnn2C1C[C@H](C(=O)O)C(O)C1O. The average molecular weight is 437 g/mol. The number of carboxylic acid groups (broad SMARTS) is 1. The Labute approximate surface area is 178 Å². The van der Waals surface area contributed by atoms with Gasteiger partial charge in [0.15, 0.2) is 22.1 Å². The van der Waals surface area contributed by atoms with E-state index in [-0.39, 0.29) is 6.42 Å². The lowest BCUT2D eigenvalue weighted by molar-refractivity contribution is -0.145. The Morgan fingerprint density at radius 2 is 2.00 bits per heavy atom. The molecule has 0 aromatic carbocycles. The molecule has 30 heavy (non-hydrogen) atoms. The Bertz CT molecular complexity index is 903. The van der Waals surface area contributed by atoms with Crippen LogP contribution < -0.4 is 5.32 Å². The second kappa shape index (κ2) is 9.03. The highest BCUT2D eigenvalue weighted by Crippen LogP contribution is 2.38. The van der Waals surface area contributed by atoms with Gasteiger partial charge in [-0.15, -0.1) is 5.10 Å². The zero-order valence-corrected chi connectivity index (χ0v) is 17.8. The predicted molar refractivity (Wildman–Crippen MR) is 111 cm³/mol. The highest BCUT2D eigenvalue weighted by atomic mass is 32.2. The molecule has 4 atom stereocenters. The number of nitrogens with one attached hydrogen (secondary N) is 1. The van der Waals surface area contributed by atoms with Crippen LogP contribution in [0.3, 0.4) is 0 Å². The monoisotopic (exact) mass is 436 g/mol. The summed E-state index contributed by atoms with van der Waals surface area (Å²) < 4.78 is 1.46. The lowest BCUT2D eigenvalue weighted by atomic mass is 10.1. The normalized spacial score (nSPS) is 27.2. The zero-order valence-electron chi connectivity index (χ0n) is 16.9. The molecule has 0 spiro atoms. The van der Waals surface area contributed by atoms with Crippen molar-refractivity contribution in [1.82, 2.24) is 25.0 Å². The van der Waals surface area contributed by atoms with Gasteiger partial charge in [0.1, 0.15) is 6.10 Å². The number of aliphatic hydroxyl groups excluding tert-OH is 2. The van der Waals surface area contributed by atoms with Crippen LogP contribution in [0.1, 0.15) is 57.9 Å². The van der Waals surface area contributed by atoms with Crippen molar-refractivity contribution in [2.45, 2.75) is 80.5 Å². The first-order valence-electron chi connectivity index (χ1n) is 10.6. The summed E-state index contributed by atoms with van der Waals surface area (Å²) in [6, 6.07) is -0.714. The second-order valence-electron chi connectivity index (χ2n) is 8.09. The molecule has 4 N–H and O–H groups in total. The number of carboxylic acids is 1. The molecule has 0 saturated heterocycles. The number of hydrogen-bond acceptors (Lipinski definition) is 9. The summed E-state index contributed by atoms with van der Waals surface area (Å²) in [5, 5.41) is 42.8. The van der Waals surface area contributed by atoms with Crippen LogP contribution in [0.2, 0.25) is 0 Å². The zero-order chi connectivity index (χ0) is 21.3. The summed E-state index contributed by atoms with van der Waals surface area (Å²) in [6.45, 7) is 2.86. The maximum Gasteiger partial charge on any atom is 0.309 e. The smallest absolute Gasteiger partial charge is 0.309 e. The number of anilines is 1. The highest BCUT2D eigenvalue weighted by Gasteiger charge is 2.47. The minimum Gasteiger partial charge on any atom is -0.481 e. The van der Waals surface area contributed by atoms with Crippen molar-refractivity contribution in [3.8, 4) is 0 Å². The molecule has 11 heteroatoms. The van der Waals surface area contributed by atoms with E-state index < -0.39 is 30.1 Å². The van der Waals surface area contributed by atoms with Gasteiger partial charge in [-0.2, -0.15) is 0 Å². The van der Waals surface area contributed by atoms with E-state index >= 15 is 0 Å². The molecule has 0 bridgehead atoms. The van der Waals surface area contributed by atoms with Crippen molar-refractivity contribution in [3.05, 3.63) is 0 Å². The molecule has 2 heterocycles. The molecule has 2 saturated carbocycles. The van der Waals surface area contributed by atoms with Crippen LogP contribution in [-0.2, 0) is 4.79 Å². The summed E-state index contributed by atoms with van der Waals surface area (Å²) in [5.41, 5.74) is 0.939. The molecular weight excluding hydrogens is 408 g/mol. The Morgan fingerprint density at radius 1 is 1.23 bits per heavy atom. The molecule has 0 aliphatic heterocycles. The number of thioether (sulfide) groups is 1. The molecule has 3 unspecified atom stereocenters. The Balaban J connectivity index is 1.70. The molecule has 0 radical (unpaired) electrons. The summed E-state index contributed by atoms with van der Waals surface area (Å²) in [7, 11) is 0. The van der Waals surface area contributed by atoms with E-state index in [0.717, 1.165) is 32.2 Å². The minimum atomic E-state index is -1.36. The third-order valence-electron chi connectivity index (χ3n) is 5.98. The van der Waals surface area contributed by atoms with Gasteiger partial charge < -0.3 is 20.6 Å². The summed E-state index contributed by atoms with van der Waals surface area (Å²) in [6.07, 6.45) is 4.17. The fourth-order valence-corrected chi connectivity index (χ4v) is 5.39. The highest BCUT2D eigenvalue weighted by molar-refractivity contribution is 7.99. The van der Waals surface area contributed by atoms with Crippen molar-refractivity contribution in [1.29, 1.82) is 0 Å². The van der Waals surface area contributed by atoms with Gasteiger partial charge in [0, 0.05) is 11.8 Å². The summed E-state index contributed by atoms with van der Waals surface area (Å²) >= 11 is 1.64. The number of nitrogens with zero attached hydrogens (tertiary/aromatic N) is 5. The van der Waals surface area contributed by atoms with Crippen molar-refractivity contribution in [2.24, 2.45) is 5.92 Å². The maximum absolute atomic E-state index is 11.4. The van der Waals surface area contributed by atoms with Gasteiger partial charge in [-0.3, -0.25) is 4.79 Å². The van der Waals surface area contributed by atoms with E-state index in [1.54, 1.807) is 11.8 Å². The van der Waals surface area contributed by atoms with Crippen molar-refractivity contribution >= 4 is 34.7 Å². The van der Waals surface area contributed by atoms with E-state index in [9.17, 15) is 20.1 Å². The van der Waals surface area contributed by atoms with Crippen LogP contribution in [0.5, 0.6) is 0 Å². The van der Waals surface area contributed by atoms with Crippen molar-refractivity contribution < 1.29 is 20.1 Å². The standard InChI is InChI=1S/C19H28N6O4S/c1-2-3-8-20-16-13-17(22-19(21-16)30-10-6-4-5-7-10)25(24-23-13)12-9-11(18(28)29)14(26)15(12)27/h10-12,14-15,26-27H,2-9H2,1H3,(H,28,29)(H,20,21,22)/t11-,12?,14?,15?/m0/s1. The minimum absolute atomic E-state index is 0.0594. The van der Waals surface area contributed by atoms with Gasteiger partial charge in [-0.1, -0.05) is 43.2 Å². The molecule has 2 aromatic heterocycles. The lowest BCUT2D eigenvalue weighted by Gasteiger charge is -2.17. The maximum atomic E-state index is 11.4. The fraction of sp³-hybridized carbons (Fsp3) is 0.737. The molecular formula is C19H28N6O4S. The van der Waals surface area contributed by atoms with Crippen LogP contribution in [0.15, 0.2) is 5.16 Å².